The van der Waals surface area contributed by atoms with Gasteiger partial charge in [-0.05, 0) is 23.4 Å². The van der Waals surface area contributed by atoms with Gasteiger partial charge in [-0.1, -0.05) is 86.8 Å². The van der Waals surface area contributed by atoms with Crippen molar-refractivity contribution in [2.75, 3.05) is 0 Å². The molecule has 0 saturated carbocycles. The molecule has 2 heterocycles. The van der Waals surface area contributed by atoms with Crippen LogP contribution < -0.4 is 0 Å². The van der Waals surface area contributed by atoms with Crippen LogP contribution in [0.2, 0.25) is 0 Å². The Kier molecular flexibility index (Phi) is 4.36. The van der Waals surface area contributed by atoms with E-state index < -0.39 is 0 Å². The zero-order valence-electron chi connectivity index (χ0n) is 16.3. The molecule has 0 aliphatic carbocycles. The Morgan fingerprint density at radius 2 is 1.64 bits per heavy atom. The zero-order valence-corrected chi connectivity index (χ0v) is 16.3. The topological polar surface area (TPSA) is 22.2 Å². The Bertz CT molecular complexity index is 1240. The highest BCUT2D eigenvalue weighted by molar-refractivity contribution is 6.05. The molecule has 2 aromatic heterocycles. The van der Waals surface area contributed by atoms with Crippen molar-refractivity contribution in [2.24, 2.45) is 0 Å². The van der Waals surface area contributed by atoms with Crippen LogP contribution in [0.15, 0.2) is 72.9 Å². The molecular formula is C25H25N3. The highest BCUT2D eigenvalue weighted by Gasteiger charge is 2.16. The number of aryl methyl sites for hydroxylation is 1. The molecule has 0 aliphatic heterocycles. The molecule has 0 bridgehead atoms. The van der Waals surface area contributed by atoms with Crippen molar-refractivity contribution in [3.8, 4) is 11.3 Å². The van der Waals surface area contributed by atoms with Crippen molar-refractivity contribution in [3.05, 3.63) is 72.9 Å². The van der Waals surface area contributed by atoms with Gasteiger partial charge in [-0.2, -0.15) is 0 Å². The molecule has 0 N–H and O–H groups in total. The summed E-state index contributed by atoms with van der Waals surface area (Å²) in [5, 5.41) is 2.47. The molecule has 3 aromatic carbocycles. The summed E-state index contributed by atoms with van der Waals surface area (Å²) in [7, 11) is 0. The van der Waals surface area contributed by atoms with Crippen molar-refractivity contribution in [2.45, 2.75) is 39.2 Å². The number of aromatic nitrogens is 3. The summed E-state index contributed by atoms with van der Waals surface area (Å²) >= 11 is 0. The second kappa shape index (κ2) is 7.16. The van der Waals surface area contributed by atoms with Gasteiger partial charge in [-0.15, -0.1) is 0 Å². The Morgan fingerprint density at radius 3 is 2.50 bits per heavy atom. The lowest BCUT2D eigenvalue weighted by Gasteiger charge is -2.09. The second-order valence-corrected chi connectivity index (χ2v) is 7.53. The highest BCUT2D eigenvalue weighted by Crippen LogP contribution is 2.30. The number of hydrogen-bond donors (Lipinski definition) is 0. The van der Waals surface area contributed by atoms with Crippen LogP contribution in [0.4, 0.5) is 0 Å². The normalized spacial score (nSPS) is 11.8. The van der Waals surface area contributed by atoms with Gasteiger partial charge in [0.05, 0.1) is 16.7 Å². The van der Waals surface area contributed by atoms with Crippen LogP contribution in [0.1, 0.15) is 32.6 Å². The van der Waals surface area contributed by atoms with E-state index in [0.717, 1.165) is 17.8 Å². The van der Waals surface area contributed by atoms with Gasteiger partial charge in [0.15, 0.2) is 0 Å². The Morgan fingerprint density at radius 1 is 0.821 bits per heavy atom. The van der Waals surface area contributed by atoms with Crippen LogP contribution in [0.3, 0.4) is 0 Å². The zero-order chi connectivity index (χ0) is 18.9. The molecule has 0 fully saturated rings. The maximum absolute atomic E-state index is 5.11. The van der Waals surface area contributed by atoms with E-state index in [9.17, 15) is 0 Å². The summed E-state index contributed by atoms with van der Waals surface area (Å²) in [5.41, 5.74) is 4.76. The number of fused-ring (bicyclic) bond motifs is 5. The number of hydrogen-bond acceptors (Lipinski definition) is 1. The number of nitrogens with zero attached hydrogens (tertiary/aromatic N) is 3. The predicted octanol–water partition coefficient (Wildman–Crippen LogP) is 6.69. The number of unbranched alkanes of at least 4 members (excludes halogenated alkanes) is 3. The summed E-state index contributed by atoms with van der Waals surface area (Å²) in [6, 6.07) is 23.6. The van der Waals surface area contributed by atoms with Crippen LogP contribution in [0.25, 0.3) is 38.8 Å². The molecule has 0 unspecified atom stereocenters. The molecule has 0 radical (unpaired) electrons. The first-order valence-electron chi connectivity index (χ1n) is 10.3. The molecule has 0 aliphatic rings. The van der Waals surface area contributed by atoms with Gasteiger partial charge >= 0.3 is 0 Å². The predicted molar refractivity (Wildman–Crippen MR) is 118 cm³/mol. The largest absolute Gasteiger partial charge is 0.310 e. The molecular weight excluding hydrogens is 342 g/mol. The van der Waals surface area contributed by atoms with Gasteiger partial charge in [0.2, 0.25) is 5.78 Å². The van der Waals surface area contributed by atoms with Crippen LogP contribution in [0, 0.1) is 0 Å². The average Bonchev–Trinajstić information content (AvgIpc) is 3.28. The van der Waals surface area contributed by atoms with Crippen molar-refractivity contribution >= 4 is 27.6 Å². The Balaban J connectivity index is 1.71. The Hall–Kier alpha value is -3.07. The minimum absolute atomic E-state index is 1.00. The molecule has 0 spiro atoms. The highest BCUT2D eigenvalue weighted by atomic mass is 15.2. The summed E-state index contributed by atoms with van der Waals surface area (Å²) < 4.78 is 4.67. The first-order valence-corrected chi connectivity index (χ1v) is 10.3. The van der Waals surface area contributed by atoms with E-state index in [1.165, 1.54) is 53.2 Å². The first-order chi connectivity index (χ1) is 13.9. The third-order valence-electron chi connectivity index (χ3n) is 5.65. The minimum atomic E-state index is 1.00. The molecule has 5 rings (SSSR count). The van der Waals surface area contributed by atoms with Gasteiger partial charge in [0.25, 0.3) is 0 Å². The van der Waals surface area contributed by atoms with Crippen LogP contribution in [-0.4, -0.2) is 14.0 Å². The van der Waals surface area contributed by atoms with Gasteiger partial charge in [-0.3, -0.25) is 4.40 Å². The molecule has 3 heteroatoms. The molecule has 3 nitrogen and oxygen atoms in total. The van der Waals surface area contributed by atoms with Crippen LogP contribution in [0.5, 0.6) is 0 Å². The molecule has 140 valence electrons. The van der Waals surface area contributed by atoms with Crippen molar-refractivity contribution in [1.82, 2.24) is 14.0 Å². The standard InChI is InChI=1S/C25H25N3/c1-2-3-4-10-17-27-23(20-12-6-5-7-13-20)18-28-22-16-15-19-11-8-9-14-21(19)24(22)26-25(27)28/h5-9,11-16,18H,2-4,10,17H2,1H3. The number of rotatable bonds is 6. The van der Waals surface area contributed by atoms with Crippen molar-refractivity contribution in [1.29, 1.82) is 0 Å². The van der Waals surface area contributed by atoms with E-state index in [2.05, 4.69) is 88.8 Å². The maximum Gasteiger partial charge on any atom is 0.215 e. The van der Waals surface area contributed by atoms with E-state index in [1.807, 2.05) is 0 Å². The van der Waals surface area contributed by atoms with E-state index in [1.54, 1.807) is 0 Å². The lowest BCUT2D eigenvalue weighted by molar-refractivity contribution is 0.593. The second-order valence-electron chi connectivity index (χ2n) is 7.53. The average molecular weight is 367 g/mol. The number of benzene rings is 3. The molecule has 28 heavy (non-hydrogen) atoms. The molecule has 0 amide bonds. The van der Waals surface area contributed by atoms with Crippen molar-refractivity contribution in [3.63, 3.8) is 0 Å². The Labute approximate surface area is 165 Å². The maximum atomic E-state index is 5.11. The van der Waals surface area contributed by atoms with Crippen molar-refractivity contribution < 1.29 is 0 Å². The third-order valence-corrected chi connectivity index (χ3v) is 5.65. The summed E-state index contributed by atoms with van der Waals surface area (Å²) in [4.78, 5) is 5.11. The van der Waals surface area contributed by atoms with E-state index >= 15 is 0 Å². The summed E-state index contributed by atoms with van der Waals surface area (Å²) in [6.45, 7) is 3.26. The third kappa shape index (κ3) is 2.78. The SMILES string of the molecule is CCCCCCn1c(-c2ccccc2)cn2c3ccc4ccccc4c3nc12. The van der Waals surface area contributed by atoms with Gasteiger partial charge in [0.1, 0.15) is 0 Å². The van der Waals surface area contributed by atoms with Gasteiger partial charge in [0, 0.05) is 18.1 Å². The quantitative estimate of drug-likeness (QED) is 0.306. The van der Waals surface area contributed by atoms with Gasteiger partial charge in [-0.25, -0.2) is 4.98 Å². The molecule has 5 aromatic rings. The fourth-order valence-corrected chi connectivity index (χ4v) is 4.19. The fraction of sp³-hybridized carbons (Fsp3) is 0.240. The fourth-order valence-electron chi connectivity index (χ4n) is 4.19. The van der Waals surface area contributed by atoms with E-state index in [4.69, 9.17) is 4.98 Å². The number of imidazole rings is 2. The smallest absolute Gasteiger partial charge is 0.215 e. The van der Waals surface area contributed by atoms with E-state index in [0.29, 0.717) is 0 Å². The summed E-state index contributed by atoms with van der Waals surface area (Å²) in [6.07, 6.45) is 7.25. The van der Waals surface area contributed by atoms with E-state index in [-0.39, 0.29) is 0 Å². The molecule has 0 atom stereocenters. The monoisotopic (exact) mass is 367 g/mol. The van der Waals surface area contributed by atoms with Crippen LogP contribution in [-0.2, 0) is 6.54 Å². The first kappa shape index (κ1) is 17.1. The molecule has 0 saturated heterocycles. The lowest BCUT2D eigenvalue weighted by atomic mass is 10.1. The van der Waals surface area contributed by atoms with Crippen LogP contribution >= 0.6 is 0 Å². The minimum Gasteiger partial charge on any atom is -0.310 e. The lowest BCUT2D eigenvalue weighted by Crippen LogP contribution is -2.01. The summed E-state index contributed by atoms with van der Waals surface area (Å²) in [5.74, 6) is 1.04. The van der Waals surface area contributed by atoms with Gasteiger partial charge < -0.3 is 4.57 Å².